The lowest BCUT2D eigenvalue weighted by Gasteiger charge is -2.09. The van der Waals surface area contributed by atoms with Gasteiger partial charge in [0, 0.05) is 6.04 Å². The van der Waals surface area contributed by atoms with Crippen LogP contribution in [0.3, 0.4) is 0 Å². The smallest absolute Gasteiger partial charge is 0.256 e. The number of hydrogen-bond acceptors (Lipinski definition) is 4. The van der Waals surface area contributed by atoms with Gasteiger partial charge in [0.15, 0.2) is 9.84 Å². The molecule has 2 heterocycles. The van der Waals surface area contributed by atoms with Crippen molar-refractivity contribution in [1.29, 1.82) is 0 Å². The van der Waals surface area contributed by atoms with Crippen molar-refractivity contribution in [2.75, 3.05) is 11.5 Å². The molecule has 1 aliphatic heterocycles. The Hall–Kier alpha value is -1.01. The highest BCUT2D eigenvalue weighted by Gasteiger charge is 2.29. The Morgan fingerprint density at radius 1 is 1.56 bits per heavy atom. The monoisotopic (exact) mass is 263 g/mol. The number of carbonyl (C=O) groups is 1. The van der Waals surface area contributed by atoms with Gasteiger partial charge in [0.25, 0.3) is 5.91 Å². The number of sulfone groups is 1. The van der Waals surface area contributed by atoms with Crippen molar-refractivity contribution in [2.24, 2.45) is 0 Å². The second-order valence-corrected chi connectivity index (χ2v) is 6.25. The van der Waals surface area contributed by atoms with Crippen molar-refractivity contribution < 1.29 is 17.6 Å². The maximum Gasteiger partial charge on any atom is 0.256 e. The van der Waals surface area contributed by atoms with E-state index in [4.69, 9.17) is 16.0 Å². The van der Waals surface area contributed by atoms with Gasteiger partial charge in [0.05, 0.1) is 23.3 Å². The lowest BCUT2D eigenvalue weighted by atomic mass is 10.2. The summed E-state index contributed by atoms with van der Waals surface area (Å²) in [6, 6.07) is 1.12. The number of furan rings is 1. The fourth-order valence-electron chi connectivity index (χ4n) is 1.63. The normalized spacial score (nSPS) is 23.2. The van der Waals surface area contributed by atoms with Crippen molar-refractivity contribution in [2.45, 2.75) is 12.5 Å². The number of hydrogen-bond donors (Lipinski definition) is 1. The van der Waals surface area contributed by atoms with E-state index in [0.717, 1.165) is 0 Å². The van der Waals surface area contributed by atoms with Crippen molar-refractivity contribution in [3.05, 3.63) is 23.1 Å². The molecule has 2 rings (SSSR count). The molecule has 0 saturated carbocycles. The number of amides is 1. The molecule has 16 heavy (non-hydrogen) atoms. The van der Waals surface area contributed by atoms with E-state index in [0.29, 0.717) is 6.42 Å². The molecular formula is C9H10ClNO4S. The summed E-state index contributed by atoms with van der Waals surface area (Å²) in [5, 5.41) is 2.63. The van der Waals surface area contributed by atoms with Gasteiger partial charge in [0.2, 0.25) is 5.22 Å². The predicted molar refractivity (Wildman–Crippen MR) is 58.2 cm³/mol. The summed E-state index contributed by atoms with van der Waals surface area (Å²) < 4.78 is 27.1. The number of carbonyl (C=O) groups excluding carboxylic acids is 1. The van der Waals surface area contributed by atoms with Crippen LogP contribution in [0.5, 0.6) is 0 Å². The van der Waals surface area contributed by atoms with Gasteiger partial charge in [-0.2, -0.15) is 0 Å². The van der Waals surface area contributed by atoms with Gasteiger partial charge >= 0.3 is 0 Å². The molecule has 1 N–H and O–H groups in total. The summed E-state index contributed by atoms with van der Waals surface area (Å²) in [5.74, 6) is -0.286. The molecule has 88 valence electrons. The molecule has 0 spiro atoms. The first-order valence-corrected chi connectivity index (χ1v) is 6.92. The van der Waals surface area contributed by atoms with E-state index < -0.39 is 15.7 Å². The lowest BCUT2D eigenvalue weighted by molar-refractivity contribution is 0.0940. The van der Waals surface area contributed by atoms with E-state index in [1.54, 1.807) is 0 Å². The van der Waals surface area contributed by atoms with Crippen LogP contribution in [0.25, 0.3) is 0 Å². The molecule has 1 fully saturated rings. The van der Waals surface area contributed by atoms with Crippen molar-refractivity contribution in [3.8, 4) is 0 Å². The van der Waals surface area contributed by atoms with E-state index in [1.165, 1.54) is 12.3 Å². The molecule has 0 aromatic carbocycles. The van der Waals surface area contributed by atoms with Crippen LogP contribution in [0.1, 0.15) is 16.8 Å². The topological polar surface area (TPSA) is 76.4 Å². The van der Waals surface area contributed by atoms with Crippen molar-refractivity contribution in [3.63, 3.8) is 0 Å². The average Bonchev–Trinajstić information content (AvgIpc) is 2.72. The average molecular weight is 264 g/mol. The van der Waals surface area contributed by atoms with E-state index >= 15 is 0 Å². The van der Waals surface area contributed by atoms with Gasteiger partial charge in [-0.15, -0.1) is 0 Å². The minimum Gasteiger partial charge on any atom is -0.452 e. The SMILES string of the molecule is O=C(NC1CCS(=O)(=O)C1)c1ccoc1Cl. The highest BCUT2D eigenvalue weighted by atomic mass is 35.5. The molecule has 1 unspecified atom stereocenters. The molecule has 5 nitrogen and oxygen atoms in total. The van der Waals surface area contributed by atoms with E-state index in [9.17, 15) is 13.2 Å². The van der Waals surface area contributed by atoms with E-state index in [2.05, 4.69) is 5.32 Å². The number of nitrogens with one attached hydrogen (secondary N) is 1. The fourth-order valence-corrected chi connectivity index (χ4v) is 3.50. The Balaban J connectivity index is 2.02. The third-order valence-electron chi connectivity index (χ3n) is 2.43. The fraction of sp³-hybridized carbons (Fsp3) is 0.444. The summed E-state index contributed by atoms with van der Waals surface area (Å²) in [6.45, 7) is 0. The Morgan fingerprint density at radius 2 is 2.31 bits per heavy atom. The van der Waals surface area contributed by atoms with E-state index in [1.807, 2.05) is 0 Å². The van der Waals surface area contributed by atoms with Crippen LogP contribution >= 0.6 is 11.6 Å². The second-order valence-electron chi connectivity index (χ2n) is 3.68. The molecule has 1 atom stereocenters. The molecule has 1 aliphatic rings. The minimum absolute atomic E-state index is 0.00574. The lowest BCUT2D eigenvalue weighted by Crippen LogP contribution is -2.35. The summed E-state index contributed by atoms with van der Waals surface area (Å²) in [4.78, 5) is 11.6. The largest absolute Gasteiger partial charge is 0.452 e. The van der Waals surface area contributed by atoms with Crippen molar-refractivity contribution >= 4 is 27.3 Å². The van der Waals surface area contributed by atoms with Gasteiger partial charge in [-0.1, -0.05) is 0 Å². The van der Waals surface area contributed by atoms with Gasteiger partial charge in [0.1, 0.15) is 0 Å². The molecule has 1 aromatic heterocycles. The second kappa shape index (κ2) is 4.10. The van der Waals surface area contributed by atoms with Crippen molar-refractivity contribution in [1.82, 2.24) is 5.32 Å². The van der Waals surface area contributed by atoms with Gasteiger partial charge in [-0.3, -0.25) is 4.79 Å². The summed E-state index contributed by atoms with van der Waals surface area (Å²) >= 11 is 5.63. The predicted octanol–water partition coefficient (Wildman–Crippen LogP) is 0.850. The highest BCUT2D eigenvalue weighted by Crippen LogP contribution is 2.18. The number of rotatable bonds is 2. The van der Waals surface area contributed by atoms with Crippen LogP contribution in [0.2, 0.25) is 5.22 Å². The molecule has 0 bridgehead atoms. The molecule has 1 saturated heterocycles. The summed E-state index contributed by atoms with van der Waals surface area (Å²) in [6.07, 6.45) is 1.76. The number of halogens is 1. The molecule has 7 heteroatoms. The third-order valence-corrected chi connectivity index (χ3v) is 4.49. The minimum atomic E-state index is -2.99. The van der Waals surface area contributed by atoms with Gasteiger partial charge < -0.3 is 9.73 Å². The maximum atomic E-state index is 11.6. The summed E-state index contributed by atoms with van der Waals surface area (Å²) in [5.41, 5.74) is 0.228. The first kappa shape index (κ1) is 11.5. The Bertz CT molecular complexity index is 507. The molecule has 1 aromatic rings. The van der Waals surface area contributed by atoms with Crippen LogP contribution in [0.4, 0.5) is 0 Å². The first-order chi connectivity index (χ1) is 7.48. The quantitative estimate of drug-likeness (QED) is 0.858. The Labute approximate surface area is 97.7 Å². The van der Waals surface area contributed by atoms with Crippen LogP contribution in [0.15, 0.2) is 16.7 Å². The van der Waals surface area contributed by atoms with Gasteiger partial charge in [-0.05, 0) is 24.1 Å². The van der Waals surface area contributed by atoms with Crippen LogP contribution < -0.4 is 5.32 Å². The van der Waals surface area contributed by atoms with Crippen LogP contribution in [0, 0.1) is 0 Å². The molecular weight excluding hydrogens is 254 g/mol. The van der Waals surface area contributed by atoms with E-state index in [-0.39, 0.29) is 28.3 Å². The van der Waals surface area contributed by atoms with Crippen LogP contribution in [-0.4, -0.2) is 31.9 Å². The molecule has 0 radical (unpaired) electrons. The first-order valence-electron chi connectivity index (χ1n) is 4.72. The zero-order chi connectivity index (χ0) is 11.8. The zero-order valence-electron chi connectivity index (χ0n) is 8.27. The zero-order valence-corrected chi connectivity index (χ0v) is 9.85. The van der Waals surface area contributed by atoms with Gasteiger partial charge in [-0.25, -0.2) is 8.42 Å². The molecule has 1 amide bonds. The Morgan fingerprint density at radius 3 is 2.81 bits per heavy atom. The maximum absolute atomic E-state index is 11.6. The summed E-state index contributed by atoms with van der Waals surface area (Å²) in [7, 11) is -2.99. The molecule has 0 aliphatic carbocycles. The van der Waals surface area contributed by atoms with Crippen LogP contribution in [-0.2, 0) is 9.84 Å². The third kappa shape index (κ3) is 2.38. The highest BCUT2D eigenvalue weighted by molar-refractivity contribution is 7.91. The Kier molecular flexibility index (Phi) is 2.94. The standard InChI is InChI=1S/C9H10ClNO4S/c10-8-7(1-3-15-8)9(12)11-6-2-4-16(13,14)5-6/h1,3,6H,2,4-5H2,(H,11,12).